The van der Waals surface area contributed by atoms with Crippen LogP contribution < -0.4 is 9.80 Å². The van der Waals surface area contributed by atoms with Crippen LogP contribution in [0.3, 0.4) is 0 Å². The number of carbonyl (C=O) groups is 1. The first-order valence-electron chi connectivity index (χ1n) is 9.65. The highest BCUT2D eigenvalue weighted by Crippen LogP contribution is 2.34. The van der Waals surface area contributed by atoms with Crippen LogP contribution in [0.1, 0.15) is 19.3 Å². The Morgan fingerprint density at radius 3 is 2.78 bits per heavy atom. The summed E-state index contributed by atoms with van der Waals surface area (Å²) in [7, 11) is 0. The van der Waals surface area contributed by atoms with E-state index >= 15 is 0 Å². The predicted octanol–water partition coefficient (Wildman–Crippen LogP) is 3.27. The van der Waals surface area contributed by atoms with Gasteiger partial charge >= 0.3 is 6.09 Å². The second kappa shape index (κ2) is 6.91. The first kappa shape index (κ1) is 17.2. The number of cyclic esters (lactones) is 1. The zero-order chi connectivity index (χ0) is 18.4. The lowest BCUT2D eigenvalue weighted by Crippen LogP contribution is -2.43. The molecule has 3 fully saturated rings. The van der Waals surface area contributed by atoms with Crippen LogP contribution in [-0.2, 0) is 4.74 Å². The Morgan fingerprint density at radius 1 is 1.15 bits per heavy atom. The number of carbonyl (C=O) groups excluding carboxylic acids is 1. The van der Waals surface area contributed by atoms with Crippen molar-refractivity contribution in [1.29, 1.82) is 0 Å². The molecule has 4 heterocycles. The van der Waals surface area contributed by atoms with E-state index < -0.39 is 6.17 Å². The lowest BCUT2D eigenvalue weighted by atomic mass is 10.1. The molecule has 0 radical (unpaired) electrons. The van der Waals surface area contributed by atoms with E-state index in [0.29, 0.717) is 32.0 Å². The molecule has 27 heavy (non-hydrogen) atoms. The van der Waals surface area contributed by atoms with Crippen LogP contribution in [-0.4, -0.2) is 67.5 Å². The van der Waals surface area contributed by atoms with Crippen LogP contribution in [0.5, 0.6) is 0 Å². The largest absolute Gasteiger partial charge is 0.447 e. The molecule has 0 unspecified atom stereocenters. The average Bonchev–Trinajstić information content (AvgIpc) is 3.40. The average molecular weight is 389 g/mol. The third kappa shape index (κ3) is 3.25. The number of ether oxygens (including phenoxy) is 1. The summed E-state index contributed by atoms with van der Waals surface area (Å²) in [6.45, 7) is 4.73. The van der Waals surface area contributed by atoms with Gasteiger partial charge in [0.05, 0.1) is 16.8 Å². The van der Waals surface area contributed by atoms with Crippen LogP contribution in [0.4, 0.5) is 20.0 Å². The number of aromatic nitrogens is 1. The number of hydrogen-bond acceptors (Lipinski definition) is 6. The summed E-state index contributed by atoms with van der Waals surface area (Å²) in [5.41, 5.74) is 1.83. The second-order valence-electron chi connectivity index (χ2n) is 7.51. The highest BCUT2D eigenvalue weighted by atomic mass is 32.1. The maximum Gasteiger partial charge on any atom is 0.414 e. The first-order valence-corrected chi connectivity index (χ1v) is 10.5. The molecule has 6 nitrogen and oxygen atoms in total. The lowest BCUT2D eigenvalue weighted by Gasteiger charge is -2.33. The van der Waals surface area contributed by atoms with Crippen molar-refractivity contribution in [3.63, 3.8) is 0 Å². The first-order chi connectivity index (χ1) is 13.2. The van der Waals surface area contributed by atoms with Gasteiger partial charge in [-0.15, -0.1) is 0 Å². The molecule has 1 amide bonds. The van der Waals surface area contributed by atoms with Gasteiger partial charge < -0.3 is 9.64 Å². The van der Waals surface area contributed by atoms with Crippen LogP contribution in [0.15, 0.2) is 18.2 Å². The molecule has 5 rings (SSSR count). The zero-order valence-electron chi connectivity index (χ0n) is 15.1. The highest BCUT2D eigenvalue weighted by molar-refractivity contribution is 7.22. The molecule has 2 aromatic rings. The Bertz CT molecular complexity index is 851. The maximum absolute atomic E-state index is 13.4. The molecule has 0 spiro atoms. The van der Waals surface area contributed by atoms with E-state index in [1.54, 1.807) is 16.2 Å². The predicted molar refractivity (Wildman–Crippen MR) is 105 cm³/mol. The second-order valence-corrected chi connectivity index (χ2v) is 8.52. The summed E-state index contributed by atoms with van der Waals surface area (Å²) in [6.07, 6.45) is 1.54. The van der Waals surface area contributed by atoms with E-state index in [4.69, 9.17) is 9.72 Å². The molecule has 3 aliphatic rings. The van der Waals surface area contributed by atoms with Crippen LogP contribution in [0.25, 0.3) is 10.2 Å². The summed E-state index contributed by atoms with van der Waals surface area (Å²) in [6, 6.07) is 6.45. The smallest absolute Gasteiger partial charge is 0.414 e. The highest BCUT2D eigenvalue weighted by Gasteiger charge is 2.32. The molecule has 1 aromatic heterocycles. The minimum absolute atomic E-state index is 0.279. The van der Waals surface area contributed by atoms with Crippen LogP contribution in [0.2, 0.25) is 0 Å². The summed E-state index contributed by atoms with van der Waals surface area (Å²) in [5.74, 6) is 0. The SMILES string of the molecule is O=C1OCCN1c1ccc2nc(N3CC[C@@H](N4CCC([18F])CC4)C3)sc2c1. The number of likely N-dealkylation sites (tertiary alicyclic amines) is 1. The minimum atomic E-state index is -0.620. The van der Waals surface area contributed by atoms with E-state index in [9.17, 15) is 9.18 Å². The van der Waals surface area contributed by atoms with E-state index in [1.807, 2.05) is 18.2 Å². The number of rotatable bonds is 3. The molecule has 0 aliphatic carbocycles. The van der Waals surface area contributed by atoms with E-state index in [0.717, 1.165) is 53.6 Å². The van der Waals surface area contributed by atoms with E-state index in [-0.39, 0.29) is 6.09 Å². The molecule has 8 heteroatoms. The summed E-state index contributed by atoms with van der Waals surface area (Å²) < 4.78 is 19.5. The Morgan fingerprint density at radius 2 is 2.00 bits per heavy atom. The van der Waals surface area contributed by atoms with Crippen LogP contribution >= 0.6 is 11.3 Å². The number of halogens is 1. The monoisotopic (exact) mass is 389 g/mol. The number of amides is 1. The number of alkyl halides is 1. The molecule has 0 bridgehead atoms. The van der Waals surface area contributed by atoms with Crippen molar-refractivity contribution < 1.29 is 13.9 Å². The van der Waals surface area contributed by atoms with Gasteiger partial charge in [-0.25, -0.2) is 14.2 Å². The molecule has 3 saturated heterocycles. The van der Waals surface area contributed by atoms with Gasteiger partial charge in [-0.2, -0.15) is 0 Å². The number of fused-ring (bicyclic) bond motifs is 1. The molecule has 3 aliphatic heterocycles. The molecule has 0 N–H and O–H groups in total. The topological polar surface area (TPSA) is 48.9 Å². The minimum Gasteiger partial charge on any atom is -0.447 e. The number of hydrogen-bond donors (Lipinski definition) is 0. The van der Waals surface area contributed by atoms with Crippen molar-refractivity contribution >= 4 is 38.5 Å². The van der Waals surface area contributed by atoms with Gasteiger partial charge in [-0.1, -0.05) is 11.3 Å². The van der Waals surface area contributed by atoms with Gasteiger partial charge in [0.15, 0.2) is 5.13 Å². The zero-order valence-corrected chi connectivity index (χ0v) is 16.0. The van der Waals surface area contributed by atoms with Gasteiger partial charge in [0.2, 0.25) is 0 Å². The number of nitrogens with zero attached hydrogens (tertiary/aromatic N) is 4. The van der Waals surface area contributed by atoms with Crippen molar-refractivity contribution in [1.82, 2.24) is 9.88 Å². The van der Waals surface area contributed by atoms with Gasteiger partial charge in [0.1, 0.15) is 12.8 Å². The van der Waals surface area contributed by atoms with Gasteiger partial charge in [0, 0.05) is 37.9 Å². The van der Waals surface area contributed by atoms with Crippen molar-refractivity contribution in [2.75, 3.05) is 49.1 Å². The van der Waals surface area contributed by atoms with Crippen molar-refractivity contribution in [2.24, 2.45) is 0 Å². The molecule has 0 saturated carbocycles. The molecule has 1 aromatic carbocycles. The third-order valence-electron chi connectivity index (χ3n) is 5.84. The molecular formula is C19H23FN4O2S. The number of benzene rings is 1. The van der Waals surface area contributed by atoms with Gasteiger partial charge in [-0.3, -0.25) is 9.80 Å². The third-order valence-corrected chi connectivity index (χ3v) is 6.92. The number of thiazole rings is 1. The van der Waals surface area contributed by atoms with Gasteiger partial charge in [0.25, 0.3) is 0 Å². The van der Waals surface area contributed by atoms with Crippen molar-refractivity contribution in [3.05, 3.63) is 18.2 Å². The summed E-state index contributed by atoms with van der Waals surface area (Å²) in [5, 5.41) is 1.04. The van der Waals surface area contributed by atoms with Crippen LogP contribution in [0, 0.1) is 0 Å². The number of anilines is 2. The standard InChI is InChI=1S/C19H23FN4O2S/c20-13-3-6-22(7-4-13)15-5-8-23(12-15)18-21-16-2-1-14(11-17(16)27-18)24-9-10-26-19(24)25/h1-2,11,13,15H,3-10,12H2/t15-/m1/s1/i20-1. The Balaban J connectivity index is 1.31. The summed E-state index contributed by atoms with van der Waals surface area (Å²) in [4.78, 5) is 23.1. The molecule has 1 atom stereocenters. The normalized spacial score (nSPS) is 24.9. The number of piperidine rings is 1. The van der Waals surface area contributed by atoms with E-state index in [1.165, 1.54) is 0 Å². The Labute approximate surface area is 161 Å². The van der Waals surface area contributed by atoms with Gasteiger partial charge in [-0.05, 0) is 37.5 Å². The maximum atomic E-state index is 13.4. The fourth-order valence-electron chi connectivity index (χ4n) is 4.28. The fraction of sp³-hybridized carbons (Fsp3) is 0.579. The van der Waals surface area contributed by atoms with E-state index in [2.05, 4.69) is 9.80 Å². The summed E-state index contributed by atoms with van der Waals surface area (Å²) >= 11 is 1.68. The fourth-order valence-corrected chi connectivity index (χ4v) is 5.31. The quantitative estimate of drug-likeness (QED) is 0.806. The molecular weight excluding hydrogens is 366 g/mol. The Hall–Kier alpha value is -1.93. The Kier molecular flexibility index (Phi) is 4.40. The lowest BCUT2D eigenvalue weighted by molar-refractivity contribution is 0.119. The van der Waals surface area contributed by atoms with Crippen molar-refractivity contribution in [2.45, 2.75) is 31.5 Å². The molecule has 144 valence electrons. The van der Waals surface area contributed by atoms with Crippen molar-refractivity contribution in [3.8, 4) is 0 Å².